The lowest BCUT2D eigenvalue weighted by Crippen LogP contribution is -2.41. The van der Waals surface area contributed by atoms with Crippen molar-refractivity contribution in [3.63, 3.8) is 0 Å². The summed E-state index contributed by atoms with van der Waals surface area (Å²) in [6, 6.07) is 22.3. The maximum Gasteiger partial charge on any atom is 0.254 e. The summed E-state index contributed by atoms with van der Waals surface area (Å²) in [5.41, 5.74) is 3.76. The van der Waals surface area contributed by atoms with Crippen molar-refractivity contribution in [1.29, 1.82) is 5.26 Å². The Bertz CT molecular complexity index is 1050. The molecule has 0 atom stereocenters. The Hall–Kier alpha value is -2.97. The number of nitriles is 1. The predicted molar refractivity (Wildman–Crippen MR) is 127 cm³/mol. The number of para-hydroxylation sites is 1. The van der Waals surface area contributed by atoms with Crippen molar-refractivity contribution in [2.24, 2.45) is 5.41 Å². The van der Waals surface area contributed by atoms with E-state index >= 15 is 0 Å². The molecule has 31 heavy (non-hydrogen) atoms. The SMILES string of the molecule is CC1=C(C(=O)Nc2ccccc2)C2(CCCCC2)C(C#N)=C(SCc2ccccc2)N1. The third-order valence-electron chi connectivity index (χ3n) is 6.16. The van der Waals surface area contributed by atoms with Gasteiger partial charge in [0.2, 0.25) is 0 Å². The smallest absolute Gasteiger partial charge is 0.254 e. The highest BCUT2D eigenvalue weighted by Gasteiger charge is 2.47. The normalized spacial score (nSPS) is 17.8. The minimum Gasteiger partial charge on any atom is -0.353 e. The van der Waals surface area contributed by atoms with Gasteiger partial charge in [0.15, 0.2) is 0 Å². The van der Waals surface area contributed by atoms with Crippen LogP contribution in [0.15, 0.2) is 82.5 Å². The number of nitrogens with one attached hydrogen (secondary N) is 2. The number of amides is 1. The molecule has 4 rings (SSSR count). The van der Waals surface area contributed by atoms with Crippen LogP contribution in [-0.4, -0.2) is 5.91 Å². The predicted octanol–water partition coefficient (Wildman–Crippen LogP) is 6.12. The average Bonchev–Trinajstić information content (AvgIpc) is 2.79. The molecule has 2 aromatic carbocycles. The summed E-state index contributed by atoms with van der Waals surface area (Å²) in [6.07, 6.45) is 4.87. The van der Waals surface area contributed by atoms with Crippen LogP contribution in [0.2, 0.25) is 0 Å². The van der Waals surface area contributed by atoms with E-state index in [2.05, 4.69) is 28.8 Å². The monoisotopic (exact) mass is 429 g/mol. The van der Waals surface area contributed by atoms with Crippen molar-refractivity contribution in [1.82, 2.24) is 5.32 Å². The van der Waals surface area contributed by atoms with Crippen LogP contribution in [0.25, 0.3) is 0 Å². The first-order valence-electron chi connectivity index (χ1n) is 10.8. The minimum absolute atomic E-state index is 0.113. The number of anilines is 1. The van der Waals surface area contributed by atoms with Gasteiger partial charge in [0, 0.05) is 28.1 Å². The molecule has 1 saturated carbocycles. The van der Waals surface area contributed by atoms with Crippen molar-refractivity contribution < 1.29 is 4.79 Å². The molecule has 5 heteroatoms. The minimum atomic E-state index is -0.514. The van der Waals surface area contributed by atoms with E-state index in [1.165, 1.54) is 5.56 Å². The Morgan fingerprint density at radius 2 is 1.71 bits per heavy atom. The van der Waals surface area contributed by atoms with E-state index in [9.17, 15) is 10.1 Å². The van der Waals surface area contributed by atoms with Crippen LogP contribution in [0.4, 0.5) is 5.69 Å². The van der Waals surface area contributed by atoms with Gasteiger partial charge in [0.1, 0.15) is 0 Å². The molecule has 1 aliphatic heterocycles. The maximum absolute atomic E-state index is 13.5. The molecule has 158 valence electrons. The molecular formula is C26H27N3OS. The molecule has 0 saturated heterocycles. The quantitative estimate of drug-likeness (QED) is 0.601. The number of nitrogens with zero attached hydrogens (tertiary/aromatic N) is 1. The van der Waals surface area contributed by atoms with Crippen LogP contribution < -0.4 is 10.6 Å². The topological polar surface area (TPSA) is 64.9 Å². The molecule has 1 aliphatic carbocycles. The number of hydrogen-bond donors (Lipinski definition) is 2. The summed E-state index contributed by atoms with van der Waals surface area (Å²) in [4.78, 5) is 13.5. The van der Waals surface area contributed by atoms with Gasteiger partial charge in [-0.05, 0) is 37.5 Å². The van der Waals surface area contributed by atoms with Crippen LogP contribution in [0.5, 0.6) is 0 Å². The fraction of sp³-hybridized carbons (Fsp3) is 0.308. The maximum atomic E-state index is 13.5. The fourth-order valence-corrected chi connectivity index (χ4v) is 5.86. The van der Waals surface area contributed by atoms with Crippen molar-refractivity contribution in [3.05, 3.63) is 88.1 Å². The van der Waals surface area contributed by atoms with E-state index < -0.39 is 5.41 Å². The first-order chi connectivity index (χ1) is 15.1. The highest BCUT2D eigenvalue weighted by atomic mass is 32.2. The van der Waals surface area contributed by atoms with E-state index in [0.717, 1.165) is 65.4 Å². The number of dihydropyridines is 1. The summed E-state index contributed by atoms with van der Waals surface area (Å²) < 4.78 is 0. The van der Waals surface area contributed by atoms with Crippen LogP contribution >= 0.6 is 11.8 Å². The summed E-state index contributed by atoms with van der Waals surface area (Å²) >= 11 is 1.65. The van der Waals surface area contributed by atoms with E-state index in [0.29, 0.717) is 0 Å². The number of hydrogen-bond acceptors (Lipinski definition) is 4. The van der Waals surface area contributed by atoms with Crippen molar-refractivity contribution in [2.75, 3.05) is 5.32 Å². The molecule has 2 aliphatic rings. The van der Waals surface area contributed by atoms with Crippen molar-refractivity contribution in [3.8, 4) is 6.07 Å². The zero-order chi connectivity index (χ0) is 21.7. The van der Waals surface area contributed by atoms with Gasteiger partial charge < -0.3 is 10.6 Å². The van der Waals surface area contributed by atoms with E-state index in [4.69, 9.17) is 0 Å². The standard InChI is InChI=1S/C26H27N3OS/c1-19-23(24(30)29-21-13-7-3-8-14-21)26(15-9-4-10-16-26)22(17-27)25(28-19)31-18-20-11-5-2-6-12-20/h2-3,5-8,11-14,28H,4,9-10,15-16,18H2,1H3,(H,29,30). The van der Waals surface area contributed by atoms with Crippen LogP contribution in [0.3, 0.4) is 0 Å². The number of carbonyl (C=O) groups excluding carboxylic acids is 1. The lowest BCUT2D eigenvalue weighted by Gasteiger charge is -2.43. The number of benzene rings is 2. The zero-order valence-electron chi connectivity index (χ0n) is 17.8. The molecule has 0 aromatic heterocycles. The Kier molecular flexibility index (Phi) is 6.48. The zero-order valence-corrected chi connectivity index (χ0v) is 18.6. The molecule has 0 radical (unpaired) electrons. The Labute approximate surface area is 188 Å². The van der Waals surface area contributed by atoms with E-state index in [1.807, 2.05) is 55.5 Å². The lowest BCUT2D eigenvalue weighted by molar-refractivity contribution is -0.114. The molecule has 1 fully saturated rings. The Morgan fingerprint density at radius 3 is 2.35 bits per heavy atom. The van der Waals surface area contributed by atoms with Crippen LogP contribution in [0.1, 0.15) is 44.6 Å². The first kappa shape index (κ1) is 21.3. The largest absolute Gasteiger partial charge is 0.353 e. The molecule has 2 N–H and O–H groups in total. The van der Waals surface area contributed by atoms with E-state index in [1.54, 1.807) is 11.8 Å². The van der Waals surface area contributed by atoms with Crippen LogP contribution in [0, 0.1) is 16.7 Å². The van der Waals surface area contributed by atoms with E-state index in [-0.39, 0.29) is 5.91 Å². The summed E-state index contributed by atoms with van der Waals surface area (Å²) in [5, 5.41) is 17.6. The van der Waals surface area contributed by atoms with Gasteiger partial charge in [-0.2, -0.15) is 5.26 Å². The number of rotatable bonds is 5. The second kappa shape index (κ2) is 9.45. The number of allylic oxidation sites excluding steroid dienone is 2. The summed E-state index contributed by atoms with van der Waals surface area (Å²) in [6.45, 7) is 1.97. The second-order valence-electron chi connectivity index (χ2n) is 8.18. The average molecular weight is 430 g/mol. The molecule has 4 nitrogen and oxygen atoms in total. The molecule has 0 bridgehead atoms. The third-order valence-corrected chi connectivity index (χ3v) is 7.24. The van der Waals surface area contributed by atoms with Gasteiger partial charge in [-0.15, -0.1) is 11.8 Å². The molecule has 1 heterocycles. The highest BCUT2D eigenvalue weighted by Crippen LogP contribution is 2.53. The highest BCUT2D eigenvalue weighted by molar-refractivity contribution is 8.02. The number of thioether (sulfide) groups is 1. The van der Waals surface area contributed by atoms with Crippen molar-refractivity contribution >= 4 is 23.4 Å². The number of carbonyl (C=O) groups is 1. The Morgan fingerprint density at radius 1 is 1.06 bits per heavy atom. The molecule has 1 spiro atoms. The molecular weight excluding hydrogens is 402 g/mol. The Balaban J connectivity index is 1.68. The second-order valence-corrected chi connectivity index (χ2v) is 9.16. The van der Waals surface area contributed by atoms with Crippen molar-refractivity contribution in [2.45, 2.75) is 44.8 Å². The first-order valence-corrected chi connectivity index (χ1v) is 11.8. The molecule has 2 aromatic rings. The van der Waals surface area contributed by atoms with Gasteiger partial charge in [0.05, 0.1) is 16.7 Å². The van der Waals surface area contributed by atoms with Gasteiger partial charge in [-0.1, -0.05) is 67.8 Å². The molecule has 1 amide bonds. The van der Waals surface area contributed by atoms with Gasteiger partial charge in [-0.3, -0.25) is 4.79 Å². The lowest BCUT2D eigenvalue weighted by atomic mass is 9.63. The van der Waals surface area contributed by atoms with Crippen LogP contribution in [-0.2, 0) is 10.5 Å². The summed E-state index contributed by atoms with van der Waals surface area (Å²) in [7, 11) is 0. The van der Waals surface area contributed by atoms with Gasteiger partial charge in [0.25, 0.3) is 5.91 Å². The van der Waals surface area contributed by atoms with Gasteiger partial charge >= 0.3 is 0 Å². The molecule has 0 unspecified atom stereocenters. The fourth-order valence-electron chi connectivity index (χ4n) is 4.75. The third kappa shape index (κ3) is 4.40. The van der Waals surface area contributed by atoms with Gasteiger partial charge in [-0.25, -0.2) is 0 Å². The summed E-state index contributed by atoms with van der Waals surface area (Å²) in [5.74, 6) is 0.668.